The second-order valence-corrected chi connectivity index (χ2v) is 5.55. The standard InChI is InChI=1S/C19H20N2O/c1-2-18(14-8-4-3-5-9-14)21-19(22)17-13-20-12-15-10-6-7-11-16(15)17/h3-11,13,17-18H,2,12H2,1H3,(H,21,22)/t17?,18-/m0/s1. The van der Waals surface area contributed by atoms with E-state index in [0.717, 1.165) is 23.1 Å². The Morgan fingerprint density at radius 3 is 2.68 bits per heavy atom. The zero-order valence-electron chi connectivity index (χ0n) is 12.7. The highest BCUT2D eigenvalue weighted by atomic mass is 16.1. The van der Waals surface area contributed by atoms with E-state index in [-0.39, 0.29) is 17.9 Å². The molecule has 0 bridgehead atoms. The summed E-state index contributed by atoms with van der Waals surface area (Å²) in [5, 5.41) is 3.16. The lowest BCUT2D eigenvalue weighted by atomic mass is 9.91. The van der Waals surface area contributed by atoms with Crippen LogP contribution in [0, 0.1) is 0 Å². The number of carbonyl (C=O) groups is 1. The molecule has 0 saturated carbocycles. The summed E-state index contributed by atoms with van der Waals surface area (Å²) in [4.78, 5) is 17.0. The van der Waals surface area contributed by atoms with Crippen molar-refractivity contribution in [2.45, 2.75) is 31.8 Å². The number of nitrogens with one attached hydrogen (secondary N) is 1. The molecule has 1 aliphatic rings. The normalized spacial score (nSPS) is 17.6. The number of benzene rings is 2. The first-order chi connectivity index (χ1) is 10.8. The van der Waals surface area contributed by atoms with Crippen LogP contribution in [0.4, 0.5) is 0 Å². The zero-order valence-corrected chi connectivity index (χ0v) is 12.7. The van der Waals surface area contributed by atoms with Crippen molar-refractivity contribution in [2.24, 2.45) is 4.99 Å². The monoisotopic (exact) mass is 292 g/mol. The smallest absolute Gasteiger partial charge is 0.233 e. The molecule has 1 heterocycles. The van der Waals surface area contributed by atoms with Gasteiger partial charge in [0.1, 0.15) is 0 Å². The highest BCUT2D eigenvalue weighted by Gasteiger charge is 2.25. The van der Waals surface area contributed by atoms with Gasteiger partial charge in [-0.3, -0.25) is 9.79 Å². The Kier molecular flexibility index (Phi) is 4.33. The van der Waals surface area contributed by atoms with Crippen LogP contribution in [0.2, 0.25) is 0 Å². The first-order valence-corrected chi connectivity index (χ1v) is 7.72. The lowest BCUT2D eigenvalue weighted by Gasteiger charge is -2.23. The van der Waals surface area contributed by atoms with Crippen molar-refractivity contribution in [3.63, 3.8) is 0 Å². The summed E-state index contributed by atoms with van der Waals surface area (Å²) < 4.78 is 0. The van der Waals surface area contributed by atoms with Crippen LogP contribution in [0.5, 0.6) is 0 Å². The van der Waals surface area contributed by atoms with Crippen molar-refractivity contribution in [2.75, 3.05) is 0 Å². The molecule has 0 aliphatic carbocycles. The zero-order chi connectivity index (χ0) is 15.4. The van der Waals surface area contributed by atoms with E-state index in [0.29, 0.717) is 6.54 Å². The average molecular weight is 292 g/mol. The summed E-state index contributed by atoms with van der Waals surface area (Å²) >= 11 is 0. The third kappa shape index (κ3) is 2.93. The Hall–Kier alpha value is -2.42. The number of rotatable bonds is 4. The minimum Gasteiger partial charge on any atom is -0.348 e. The number of carbonyl (C=O) groups excluding carboxylic acids is 1. The molecule has 0 saturated heterocycles. The first-order valence-electron chi connectivity index (χ1n) is 7.72. The van der Waals surface area contributed by atoms with Gasteiger partial charge in [-0.15, -0.1) is 0 Å². The van der Waals surface area contributed by atoms with E-state index in [9.17, 15) is 4.79 Å². The molecular weight excluding hydrogens is 272 g/mol. The summed E-state index contributed by atoms with van der Waals surface area (Å²) in [5.41, 5.74) is 3.34. The van der Waals surface area contributed by atoms with Gasteiger partial charge in [0.25, 0.3) is 0 Å². The van der Waals surface area contributed by atoms with Crippen LogP contribution >= 0.6 is 0 Å². The molecule has 2 atom stereocenters. The van der Waals surface area contributed by atoms with Gasteiger partial charge in [0.2, 0.25) is 5.91 Å². The van der Waals surface area contributed by atoms with E-state index in [1.54, 1.807) is 6.21 Å². The third-order valence-electron chi connectivity index (χ3n) is 4.12. The summed E-state index contributed by atoms with van der Waals surface area (Å²) in [6, 6.07) is 18.2. The van der Waals surface area contributed by atoms with Gasteiger partial charge in [-0.25, -0.2) is 0 Å². The highest BCUT2D eigenvalue weighted by molar-refractivity contribution is 6.00. The fraction of sp³-hybridized carbons (Fsp3) is 0.263. The molecule has 2 aromatic carbocycles. The van der Waals surface area contributed by atoms with Gasteiger partial charge in [0.05, 0.1) is 18.5 Å². The van der Waals surface area contributed by atoms with Crippen LogP contribution in [0.25, 0.3) is 0 Å². The van der Waals surface area contributed by atoms with Crippen molar-refractivity contribution in [1.29, 1.82) is 0 Å². The Bertz CT molecular complexity index is 679. The topological polar surface area (TPSA) is 41.5 Å². The molecule has 3 heteroatoms. The van der Waals surface area contributed by atoms with E-state index in [4.69, 9.17) is 0 Å². The molecule has 0 spiro atoms. The molecular formula is C19H20N2O. The SMILES string of the molecule is CC[C@H](NC(=O)C1C=NCc2ccccc21)c1ccccc1. The van der Waals surface area contributed by atoms with Crippen LogP contribution in [0.1, 0.15) is 42.0 Å². The molecule has 22 heavy (non-hydrogen) atoms. The van der Waals surface area contributed by atoms with Crippen molar-refractivity contribution in [3.05, 3.63) is 71.3 Å². The maximum atomic E-state index is 12.7. The number of hydrogen-bond donors (Lipinski definition) is 1. The van der Waals surface area contributed by atoms with Gasteiger partial charge in [0.15, 0.2) is 0 Å². The minimum atomic E-state index is -0.289. The lowest BCUT2D eigenvalue weighted by molar-refractivity contribution is -0.121. The fourth-order valence-electron chi connectivity index (χ4n) is 2.90. The van der Waals surface area contributed by atoms with Gasteiger partial charge in [-0.2, -0.15) is 0 Å². The van der Waals surface area contributed by atoms with Crippen LogP contribution in [0.15, 0.2) is 59.6 Å². The van der Waals surface area contributed by atoms with Crippen LogP contribution < -0.4 is 5.32 Å². The highest BCUT2D eigenvalue weighted by Crippen LogP contribution is 2.25. The molecule has 0 fully saturated rings. The second kappa shape index (κ2) is 6.56. The molecule has 0 radical (unpaired) electrons. The summed E-state index contributed by atoms with van der Waals surface area (Å²) in [6.45, 7) is 2.75. The third-order valence-corrected chi connectivity index (χ3v) is 4.12. The van der Waals surface area contributed by atoms with Gasteiger partial charge in [-0.05, 0) is 23.1 Å². The van der Waals surface area contributed by atoms with E-state index in [1.165, 1.54) is 0 Å². The second-order valence-electron chi connectivity index (χ2n) is 5.55. The molecule has 0 aromatic heterocycles. The van der Waals surface area contributed by atoms with Crippen LogP contribution in [-0.2, 0) is 11.3 Å². The Balaban J connectivity index is 1.79. The van der Waals surface area contributed by atoms with Gasteiger partial charge in [-0.1, -0.05) is 61.5 Å². The van der Waals surface area contributed by atoms with Gasteiger partial charge < -0.3 is 5.32 Å². The van der Waals surface area contributed by atoms with Crippen LogP contribution in [-0.4, -0.2) is 12.1 Å². The van der Waals surface area contributed by atoms with Gasteiger partial charge >= 0.3 is 0 Å². The van der Waals surface area contributed by atoms with E-state index >= 15 is 0 Å². The predicted octanol–water partition coefficient (Wildman–Crippen LogP) is 3.62. The summed E-state index contributed by atoms with van der Waals surface area (Å²) in [7, 11) is 0. The molecule has 3 rings (SSSR count). The van der Waals surface area contributed by atoms with Crippen molar-refractivity contribution in [3.8, 4) is 0 Å². The number of fused-ring (bicyclic) bond motifs is 1. The summed E-state index contributed by atoms with van der Waals surface area (Å²) in [5.74, 6) is -0.269. The molecule has 1 unspecified atom stereocenters. The van der Waals surface area contributed by atoms with Gasteiger partial charge in [0, 0.05) is 6.21 Å². The molecule has 3 nitrogen and oxygen atoms in total. The minimum absolute atomic E-state index is 0.0200. The largest absolute Gasteiger partial charge is 0.348 e. The Labute approximate surface area is 131 Å². The first kappa shape index (κ1) is 14.5. The van der Waals surface area contributed by atoms with Crippen molar-refractivity contribution >= 4 is 12.1 Å². The fourth-order valence-corrected chi connectivity index (χ4v) is 2.90. The number of hydrogen-bond acceptors (Lipinski definition) is 2. The molecule has 1 aliphatic heterocycles. The quantitative estimate of drug-likeness (QED) is 0.918. The lowest BCUT2D eigenvalue weighted by Crippen LogP contribution is -2.34. The molecule has 112 valence electrons. The number of nitrogens with zero attached hydrogens (tertiary/aromatic N) is 1. The van der Waals surface area contributed by atoms with E-state index in [2.05, 4.69) is 29.4 Å². The number of amides is 1. The van der Waals surface area contributed by atoms with E-state index in [1.807, 2.05) is 42.5 Å². The maximum absolute atomic E-state index is 12.7. The molecule has 2 aromatic rings. The average Bonchev–Trinajstić information content (AvgIpc) is 2.59. The van der Waals surface area contributed by atoms with Crippen molar-refractivity contribution < 1.29 is 4.79 Å². The summed E-state index contributed by atoms with van der Waals surface area (Å²) in [6.07, 6.45) is 2.64. The maximum Gasteiger partial charge on any atom is 0.233 e. The molecule has 1 N–H and O–H groups in total. The predicted molar refractivity (Wildman–Crippen MR) is 89.0 cm³/mol. The molecule has 1 amide bonds. The van der Waals surface area contributed by atoms with E-state index < -0.39 is 0 Å². The Morgan fingerprint density at radius 1 is 1.18 bits per heavy atom. The van der Waals surface area contributed by atoms with Crippen molar-refractivity contribution in [1.82, 2.24) is 5.32 Å². The number of aliphatic imine (C=N–C) groups is 1. The Morgan fingerprint density at radius 2 is 1.91 bits per heavy atom. The van der Waals surface area contributed by atoms with Crippen LogP contribution in [0.3, 0.4) is 0 Å².